The molecule has 0 saturated carbocycles. The molecule has 1 fully saturated rings. The van der Waals surface area contributed by atoms with E-state index in [1.54, 1.807) is 4.90 Å². The standard InChI is InChI=1S/C22H19BrN2O2/c1-16-7-11-20(12-8-16)25-21(26)24(19-13-9-18(23)10-14-19)15-22(25,27)17-5-3-2-4-6-17/h2-14,27H,15H2,1H3. The average Bonchev–Trinajstić information content (AvgIpc) is 2.96. The molecule has 1 unspecified atom stereocenters. The molecule has 1 N–H and O–H groups in total. The summed E-state index contributed by atoms with van der Waals surface area (Å²) in [4.78, 5) is 16.4. The van der Waals surface area contributed by atoms with Crippen LogP contribution >= 0.6 is 15.9 Å². The number of amides is 2. The number of aryl methyl sites for hydroxylation is 1. The molecule has 5 heteroatoms. The Hall–Kier alpha value is -2.63. The van der Waals surface area contributed by atoms with Crippen LogP contribution in [0.5, 0.6) is 0 Å². The molecule has 3 aromatic carbocycles. The Morgan fingerprint density at radius 2 is 1.48 bits per heavy atom. The van der Waals surface area contributed by atoms with Gasteiger partial charge in [-0.15, -0.1) is 0 Å². The fourth-order valence-corrected chi connectivity index (χ4v) is 3.67. The second-order valence-electron chi connectivity index (χ2n) is 6.70. The van der Waals surface area contributed by atoms with E-state index in [0.717, 1.165) is 15.7 Å². The molecular weight excluding hydrogens is 404 g/mol. The molecule has 136 valence electrons. The lowest BCUT2D eigenvalue weighted by Crippen LogP contribution is -2.44. The van der Waals surface area contributed by atoms with Gasteiger partial charge in [0.05, 0.1) is 6.54 Å². The van der Waals surface area contributed by atoms with Gasteiger partial charge in [0, 0.05) is 21.4 Å². The van der Waals surface area contributed by atoms with Crippen LogP contribution in [0.4, 0.5) is 16.2 Å². The van der Waals surface area contributed by atoms with Gasteiger partial charge in [-0.25, -0.2) is 4.79 Å². The maximum absolute atomic E-state index is 13.3. The van der Waals surface area contributed by atoms with E-state index in [4.69, 9.17) is 0 Å². The summed E-state index contributed by atoms with van der Waals surface area (Å²) in [6, 6.07) is 24.2. The van der Waals surface area contributed by atoms with Crippen LogP contribution in [0.1, 0.15) is 11.1 Å². The van der Waals surface area contributed by atoms with Crippen molar-refractivity contribution in [3.8, 4) is 0 Å². The van der Waals surface area contributed by atoms with E-state index in [9.17, 15) is 9.90 Å². The van der Waals surface area contributed by atoms with Crippen molar-refractivity contribution in [1.82, 2.24) is 0 Å². The second kappa shape index (κ2) is 6.83. The van der Waals surface area contributed by atoms with Crippen LogP contribution in [0.3, 0.4) is 0 Å². The number of hydrogen-bond acceptors (Lipinski definition) is 2. The molecule has 0 bridgehead atoms. The molecule has 3 aromatic rings. The first-order valence-corrected chi connectivity index (χ1v) is 9.50. The van der Waals surface area contributed by atoms with E-state index >= 15 is 0 Å². The highest BCUT2D eigenvalue weighted by Crippen LogP contribution is 2.40. The Morgan fingerprint density at radius 1 is 0.889 bits per heavy atom. The molecule has 4 rings (SSSR count). The number of benzene rings is 3. The molecule has 0 spiro atoms. The summed E-state index contributed by atoms with van der Waals surface area (Å²) in [7, 11) is 0. The van der Waals surface area contributed by atoms with Crippen LogP contribution in [0, 0.1) is 6.92 Å². The smallest absolute Gasteiger partial charge is 0.331 e. The molecule has 1 aliphatic heterocycles. The van der Waals surface area contributed by atoms with Crippen molar-refractivity contribution >= 4 is 33.3 Å². The Kier molecular flexibility index (Phi) is 4.50. The first kappa shape index (κ1) is 17.8. The molecule has 2 amide bonds. The summed E-state index contributed by atoms with van der Waals surface area (Å²) in [5, 5.41) is 11.7. The summed E-state index contributed by atoms with van der Waals surface area (Å²) in [5.41, 5.74) is 1.72. The number of carbonyl (C=O) groups excluding carboxylic acids is 1. The summed E-state index contributed by atoms with van der Waals surface area (Å²) in [5.74, 6) is 0. The molecule has 0 aromatic heterocycles. The number of rotatable bonds is 3. The van der Waals surface area contributed by atoms with Crippen LogP contribution < -0.4 is 9.80 Å². The zero-order valence-electron chi connectivity index (χ0n) is 14.8. The van der Waals surface area contributed by atoms with E-state index < -0.39 is 5.72 Å². The van der Waals surface area contributed by atoms with Crippen molar-refractivity contribution in [3.05, 3.63) is 94.5 Å². The van der Waals surface area contributed by atoms with Gasteiger partial charge < -0.3 is 5.11 Å². The molecule has 1 saturated heterocycles. The summed E-state index contributed by atoms with van der Waals surface area (Å²) < 4.78 is 0.937. The van der Waals surface area contributed by atoms with Gasteiger partial charge in [0.2, 0.25) is 0 Å². The number of hydrogen-bond donors (Lipinski definition) is 1. The highest BCUT2D eigenvalue weighted by Gasteiger charge is 2.51. The third-order valence-corrected chi connectivity index (χ3v) is 5.37. The summed E-state index contributed by atoms with van der Waals surface area (Å²) in [6.45, 7) is 2.14. The Bertz CT molecular complexity index is 958. The zero-order chi connectivity index (χ0) is 19.0. The van der Waals surface area contributed by atoms with Gasteiger partial charge in [-0.05, 0) is 43.3 Å². The van der Waals surface area contributed by atoms with Crippen LogP contribution in [0.2, 0.25) is 0 Å². The lowest BCUT2D eigenvalue weighted by molar-refractivity contribution is 0.0655. The first-order valence-electron chi connectivity index (χ1n) is 8.71. The van der Waals surface area contributed by atoms with Crippen molar-refractivity contribution in [2.45, 2.75) is 12.6 Å². The van der Waals surface area contributed by atoms with E-state index in [0.29, 0.717) is 11.3 Å². The van der Waals surface area contributed by atoms with Crippen molar-refractivity contribution in [1.29, 1.82) is 0 Å². The van der Waals surface area contributed by atoms with Crippen molar-refractivity contribution in [3.63, 3.8) is 0 Å². The summed E-state index contributed by atoms with van der Waals surface area (Å²) in [6.07, 6.45) is 0. The number of carbonyl (C=O) groups is 1. The number of halogens is 1. The van der Waals surface area contributed by atoms with Gasteiger partial charge in [0.15, 0.2) is 5.72 Å². The Balaban J connectivity index is 1.83. The highest BCUT2D eigenvalue weighted by atomic mass is 79.9. The van der Waals surface area contributed by atoms with Gasteiger partial charge in [-0.3, -0.25) is 9.80 Å². The van der Waals surface area contributed by atoms with Gasteiger partial charge in [0.25, 0.3) is 0 Å². The third-order valence-electron chi connectivity index (χ3n) is 4.84. The minimum absolute atomic E-state index is 0.144. The summed E-state index contributed by atoms with van der Waals surface area (Å²) >= 11 is 3.42. The largest absolute Gasteiger partial charge is 0.365 e. The van der Waals surface area contributed by atoms with Crippen molar-refractivity contribution in [2.24, 2.45) is 0 Å². The van der Waals surface area contributed by atoms with Crippen molar-refractivity contribution in [2.75, 3.05) is 16.3 Å². The topological polar surface area (TPSA) is 43.8 Å². The molecule has 4 nitrogen and oxygen atoms in total. The first-order chi connectivity index (χ1) is 13.0. The highest BCUT2D eigenvalue weighted by molar-refractivity contribution is 9.10. The molecule has 0 radical (unpaired) electrons. The SMILES string of the molecule is Cc1ccc(N2C(=O)N(c3ccc(Br)cc3)CC2(O)c2ccccc2)cc1. The van der Waals surface area contributed by atoms with E-state index in [1.807, 2.05) is 85.8 Å². The zero-order valence-corrected chi connectivity index (χ0v) is 16.4. The number of aliphatic hydroxyl groups is 1. The molecule has 1 atom stereocenters. The van der Waals surface area contributed by atoms with E-state index in [-0.39, 0.29) is 12.6 Å². The van der Waals surface area contributed by atoms with Crippen LogP contribution in [0.15, 0.2) is 83.3 Å². The van der Waals surface area contributed by atoms with E-state index in [2.05, 4.69) is 15.9 Å². The molecular formula is C22H19BrN2O2. The number of β-amino-alcohol motifs (C(OH)–C–C–N with tert-alkyl or cyclic N) is 1. The minimum atomic E-state index is -1.46. The fourth-order valence-electron chi connectivity index (χ4n) is 3.40. The van der Waals surface area contributed by atoms with Gasteiger partial charge in [-0.2, -0.15) is 0 Å². The minimum Gasteiger partial charge on any atom is -0.365 e. The lowest BCUT2D eigenvalue weighted by atomic mass is 10.0. The number of nitrogens with zero attached hydrogens (tertiary/aromatic N) is 2. The molecule has 27 heavy (non-hydrogen) atoms. The van der Waals surface area contributed by atoms with Gasteiger partial charge in [0.1, 0.15) is 0 Å². The monoisotopic (exact) mass is 422 g/mol. The maximum Gasteiger partial charge on any atom is 0.331 e. The van der Waals surface area contributed by atoms with Crippen LogP contribution in [0.25, 0.3) is 0 Å². The Morgan fingerprint density at radius 3 is 2.11 bits per heavy atom. The second-order valence-corrected chi connectivity index (χ2v) is 7.61. The normalized spacial score (nSPS) is 19.6. The maximum atomic E-state index is 13.3. The third kappa shape index (κ3) is 3.13. The van der Waals surface area contributed by atoms with Crippen molar-refractivity contribution < 1.29 is 9.90 Å². The Labute approximate surface area is 166 Å². The van der Waals surface area contributed by atoms with E-state index in [1.165, 1.54) is 4.90 Å². The molecule has 1 aliphatic rings. The fraction of sp³-hybridized carbons (Fsp3) is 0.136. The van der Waals surface area contributed by atoms with Crippen LogP contribution in [-0.2, 0) is 5.72 Å². The molecule has 1 heterocycles. The van der Waals surface area contributed by atoms with Gasteiger partial charge in [-0.1, -0.05) is 64.0 Å². The number of urea groups is 1. The predicted octanol–water partition coefficient (Wildman–Crippen LogP) is 5.05. The lowest BCUT2D eigenvalue weighted by Gasteiger charge is -2.32. The van der Waals surface area contributed by atoms with Gasteiger partial charge >= 0.3 is 6.03 Å². The molecule has 0 aliphatic carbocycles. The van der Waals surface area contributed by atoms with Crippen LogP contribution in [-0.4, -0.2) is 17.7 Å². The number of anilines is 2. The predicted molar refractivity (Wildman–Crippen MR) is 111 cm³/mol. The average molecular weight is 423 g/mol. The quantitative estimate of drug-likeness (QED) is 0.641.